The number of ether oxygens (including phenoxy) is 2. The molecule has 0 aromatic heterocycles. The minimum absolute atomic E-state index is 0.285. The quantitative estimate of drug-likeness (QED) is 0.726. The summed E-state index contributed by atoms with van der Waals surface area (Å²) in [5.74, 6) is 0. The van der Waals surface area contributed by atoms with E-state index in [1.165, 1.54) is 4.90 Å². The molecule has 2 atom stereocenters. The zero-order valence-corrected chi connectivity index (χ0v) is 11.5. The Morgan fingerprint density at radius 1 is 1.47 bits per heavy atom. The number of hydrogen-bond donors (Lipinski definition) is 0. The number of carbonyl (C=O) groups excluding carboxylic acids is 2. The monoisotopic (exact) mass is 261 g/mol. The van der Waals surface area contributed by atoms with Gasteiger partial charge in [-0.05, 0) is 27.0 Å². The molecule has 0 aromatic carbocycles. The molecule has 0 spiro atoms. The van der Waals surface area contributed by atoms with Gasteiger partial charge in [-0.2, -0.15) is 11.8 Å². The van der Waals surface area contributed by atoms with Gasteiger partial charge >= 0.3 is 6.09 Å². The van der Waals surface area contributed by atoms with E-state index in [2.05, 4.69) is 0 Å². The zero-order chi connectivity index (χ0) is 13.1. The fourth-order valence-electron chi connectivity index (χ4n) is 1.64. The first kappa shape index (κ1) is 14.2. The number of carbonyl (C=O) groups is 2. The molecule has 1 fully saturated rings. The van der Waals surface area contributed by atoms with Gasteiger partial charge in [0.1, 0.15) is 5.60 Å². The van der Waals surface area contributed by atoms with Crippen molar-refractivity contribution in [3.63, 3.8) is 0 Å². The molecule has 1 aliphatic rings. The highest BCUT2D eigenvalue weighted by Gasteiger charge is 2.38. The van der Waals surface area contributed by atoms with Crippen LogP contribution in [0.15, 0.2) is 0 Å². The summed E-state index contributed by atoms with van der Waals surface area (Å²) in [6, 6.07) is 0. The van der Waals surface area contributed by atoms with Crippen molar-refractivity contribution in [3.05, 3.63) is 0 Å². The number of nitrogens with zero attached hydrogens (tertiary/aromatic N) is 1. The maximum absolute atomic E-state index is 11.9. The Kier molecular flexibility index (Phi) is 4.68. The van der Waals surface area contributed by atoms with Crippen molar-refractivity contribution >= 4 is 24.3 Å². The first-order valence-electron chi connectivity index (χ1n) is 5.49. The third-order valence-electron chi connectivity index (χ3n) is 2.39. The Bertz CT molecular complexity index is 290. The van der Waals surface area contributed by atoms with E-state index >= 15 is 0 Å². The van der Waals surface area contributed by atoms with Gasteiger partial charge in [-0.15, -0.1) is 0 Å². The first-order valence-corrected chi connectivity index (χ1v) is 6.77. The van der Waals surface area contributed by atoms with Crippen molar-refractivity contribution in [2.45, 2.75) is 44.3 Å². The minimum Gasteiger partial charge on any atom is -0.444 e. The highest BCUT2D eigenvalue weighted by molar-refractivity contribution is 7.99. The predicted molar refractivity (Wildman–Crippen MR) is 65.8 cm³/mol. The van der Waals surface area contributed by atoms with Crippen LogP contribution in [-0.2, 0) is 14.3 Å². The molecule has 0 unspecified atom stereocenters. The summed E-state index contributed by atoms with van der Waals surface area (Å²) in [6.45, 7) is 6.35. The Hall–Kier alpha value is -0.910. The fourth-order valence-corrected chi connectivity index (χ4v) is 2.31. The van der Waals surface area contributed by atoms with Crippen LogP contribution in [0.1, 0.15) is 27.2 Å². The van der Waals surface area contributed by atoms with Crippen molar-refractivity contribution < 1.29 is 19.1 Å². The van der Waals surface area contributed by atoms with Crippen LogP contribution in [0.3, 0.4) is 0 Å². The second-order valence-corrected chi connectivity index (χ2v) is 6.05. The summed E-state index contributed by atoms with van der Waals surface area (Å²) < 4.78 is 10.2. The molecule has 17 heavy (non-hydrogen) atoms. The van der Waals surface area contributed by atoms with Crippen molar-refractivity contribution in [1.29, 1.82) is 0 Å². The van der Waals surface area contributed by atoms with Crippen molar-refractivity contribution in [3.8, 4) is 0 Å². The van der Waals surface area contributed by atoms with Gasteiger partial charge in [0, 0.05) is 18.2 Å². The predicted octanol–water partition coefficient (Wildman–Crippen LogP) is 1.86. The third-order valence-corrected chi connectivity index (χ3v) is 3.39. The Balaban J connectivity index is 2.66. The summed E-state index contributed by atoms with van der Waals surface area (Å²) in [6.07, 6.45) is 1.70. The minimum atomic E-state index is -0.541. The van der Waals surface area contributed by atoms with Crippen molar-refractivity contribution in [2.24, 2.45) is 0 Å². The van der Waals surface area contributed by atoms with Gasteiger partial charge in [-0.1, -0.05) is 0 Å². The van der Waals surface area contributed by atoms with Gasteiger partial charge in [0.15, 0.2) is 6.23 Å². The largest absolute Gasteiger partial charge is 0.444 e. The Morgan fingerprint density at radius 3 is 2.59 bits per heavy atom. The Morgan fingerprint density at radius 2 is 2.12 bits per heavy atom. The van der Waals surface area contributed by atoms with Crippen LogP contribution < -0.4 is 0 Å². The molecule has 1 saturated heterocycles. The molecule has 98 valence electrons. The third kappa shape index (κ3) is 4.11. The molecule has 0 aromatic rings. The summed E-state index contributed by atoms with van der Waals surface area (Å²) in [5.41, 5.74) is -0.541. The van der Waals surface area contributed by atoms with Gasteiger partial charge in [0.25, 0.3) is 6.47 Å². The van der Waals surface area contributed by atoms with E-state index in [0.29, 0.717) is 19.4 Å². The second kappa shape index (κ2) is 5.62. The van der Waals surface area contributed by atoms with Crippen LogP contribution >= 0.6 is 11.8 Å². The SMILES string of the molecule is CS[C@H]1C[C@@H](OC=O)N(C(=O)OC(C)(C)C)C1. The maximum atomic E-state index is 11.9. The van der Waals surface area contributed by atoms with Crippen LogP contribution in [-0.4, -0.2) is 47.3 Å². The summed E-state index contributed by atoms with van der Waals surface area (Å²) in [5, 5.41) is 0.285. The summed E-state index contributed by atoms with van der Waals surface area (Å²) in [4.78, 5) is 23.8. The molecule has 0 bridgehead atoms. The Labute approximate surface area is 106 Å². The van der Waals surface area contributed by atoms with E-state index in [0.717, 1.165) is 0 Å². The molecule has 1 amide bonds. The molecule has 1 aliphatic heterocycles. The molecule has 0 saturated carbocycles. The lowest BCUT2D eigenvalue weighted by Crippen LogP contribution is -2.41. The average molecular weight is 261 g/mol. The molecule has 0 aliphatic carbocycles. The number of amides is 1. The van der Waals surface area contributed by atoms with E-state index in [4.69, 9.17) is 9.47 Å². The lowest BCUT2D eigenvalue weighted by Gasteiger charge is -2.27. The average Bonchev–Trinajstić information content (AvgIpc) is 2.59. The number of likely N-dealkylation sites (tertiary alicyclic amines) is 1. The molecule has 5 nitrogen and oxygen atoms in total. The zero-order valence-electron chi connectivity index (χ0n) is 10.6. The number of hydrogen-bond acceptors (Lipinski definition) is 5. The molecular formula is C11H19NO4S. The van der Waals surface area contributed by atoms with E-state index in [-0.39, 0.29) is 5.25 Å². The van der Waals surface area contributed by atoms with Gasteiger partial charge in [0.2, 0.25) is 0 Å². The summed E-state index contributed by atoms with van der Waals surface area (Å²) >= 11 is 1.66. The van der Waals surface area contributed by atoms with Crippen LogP contribution in [0.4, 0.5) is 4.79 Å². The number of rotatable bonds is 3. The van der Waals surface area contributed by atoms with E-state index in [9.17, 15) is 9.59 Å². The molecule has 0 N–H and O–H groups in total. The highest BCUT2D eigenvalue weighted by atomic mass is 32.2. The first-order chi connectivity index (χ1) is 7.87. The van der Waals surface area contributed by atoms with Crippen LogP contribution in [0.2, 0.25) is 0 Å². The molecule has 0 radical (unpaired) electrons. The lowest BCUT2D eigenvalue weighted by molar-refractivity contribution is -0.139. The molecular weight excluding hydrogens is 242 g/mol. The van der Waals surface area contributed by atoms with Crippen molar-refractivity contribution in [1.82, 2.24) is 4.90 Å². The van der Waals surface area contributed by atoms with E-state index < -0.39 is 17.9 Å². The highest BCUT2D eigenvalue weighted by Crippen LogP contribution is 2.27. The van der Waals surface area contributed by atoms with Gasteiger partial charge < -0.3 is 9.47 Å². The number of thioether (sulfide) groups is 1. The smallest absolute Gasteiger partial charge is 0.413 e. The standard InChI is InChI=1S/C11H19NO4S/c1-11(2,3)16-10(14)12-6-8(17-4)5-9(12)15-7-13/h7-9H,5-6H2,1-4H3/t8-,9+/m0/s1. The van der Waals surface area contributed by atoms with Crippen LogP contribution in [0, 0.1) is 0 Å². The molecule has 6 heteroatoms. The van der Waals surface area contributed by atoms with E-state index in [1.54, 1.807) is 11.8 Å². The van der Waals surface area contributed by atoms with Gasteiger partial charge in [-0.25, -0.2) is 4.79 Å². The fraction of sp³-hybridized carbons (Fsp3) is 0.818. The van der Waals surface area contributed by atoms with Gasteiger partial charge in [-0.3, -0.25) is 9.69 Å². The maximum Gasteiger partial charge on any atom is 0.413 e. The lowest BCUT2D eigenvalue weighted by atomic mass is 10.2. The van der Waals surface area contributed by atoms with Gasteiger partial charge in [0.05, 0.1) is 0 Å². The van der Waals surface area contributed by atoms with Crippen LogP contribution in [0.25, 0.3) is 0 Å². The topological polar surface area (TPSA) is 55.8 Å². The molecule has 1 rings (SSSR count). The molecule has 1 heterocycles. The van der Waals surface area contributed by atoms with E-state index in [1.807, 2.05) is 27.0 Å². The normalized spacial score (nSPS) is 24.6. The van der Waals surface area contributed by atoms with Crippen LogP contribution in [0.5, 0.6) is 0 Å². The van der Waals surface area contributed by atoms with Crippen molar-refractivity contribution in [2.75, 3.05) is 12.8 Å². The second-order valence-electron chi connectivity index (χ2n) is 4.91. The summed E-state index contributed by atoms with van der Waals surface area (Å²) in [7, 11) is 0.